The molecule has 92 valence electrons. The highest BCUT2D eigenvalue weighted by atomic mass is 16.6. The van der Waals surface area contributed by atoms with Crippen LogP contribution in [0.3, 0.4) is 0 Å². The van der Waals surface area contributed by atoms with E-state index in [1.54, 1.807) is 6.07 Å². The van der Waals surface area contributed by atoms with Gasteiger partial charge in [0.25, 0.3) is 5.91 Å². The van der Waals surface area contributed by atoms with Gasteiger partial charge < -0.3 is 14.8 Å². The molecule has 2 rings (SSSR count). The van der Waals surface area contributed by atoms with E-state index < -0.39 is 6.10 Å². The second-order valence-corrected chi connectivity index (χ2v) is 4.18. The molecule has 0 fully saturated rings. The summed E-state index contributed by atoms with van der Waals surface area (Å²) in [6.45, 7) is 4.26. The lowest BCUT2D eigenvalue weighted by Gasteiger charge is -2.26. The fourth-order valence-corrected chi connectivity index (χ4v) is 1.59. The predicted octanol–water partition coefficient (Wildman–Crippen LogP) is 1.74. The summed E-state index contributed by atoms with van der Waals surface area (Å²) in [6, 6.07) is 7.53. The van der Waals surface area contributed by atoms with E-state index in [2.05, 4.69) is 5.32 Å². The van der Waals surface area contributed by atoms with E-state index in [9.17, 15) is 4.79 Å². The van der Waals surface area contributed by atoms with Gasteiger partial charge in [0, 0.05) is 6.04 Å². The van der Waals surface area contributed by atoms with Crippen LogP contribution in [0.1, 0.15) is 20.3 Å². The number of rotatable bonds is 3. The predicted molar refractivity (Wildman–Crippen MR) is 64.2 cm³/mol. The Balaban J connectivity index is 2.00. The second kappa shape index (κ2) is 5.08. The highest BCUT2D eigenvalue weighted by molar-refractivity contribution is 5.82. The van der Waals surface area contributed by atoms with Gasteiger partial charge in [0.15, 0.2) is 11.5 Å². The summed E-state index contributed by atoms with van der Waals surface area (Å²) in [4.78, 5) is 11.9. The van der Waals surface area contributed by atoms with Crippen molar-refractivity contribution in [3.8, 4) is 11.5 Å². The Morgan fingerprint density at radius 2 is 2.18 bits per heavy atom. The third kappa shape index (κ3) is 2.70. The molecule has 1 aliphatic rings. The summed E-state index contributed by atoms with van der Waals surface area (Å²) >= 11 is 0. The lowest BCUT2D eigenvalue weighted by atomic mass is 10.2. The molecule has 1 aromatic rings. The first kappa shape index (κ1) is 11.8. The molecule has 2 atom stereocenters. The Morgan fingerprint density at radius 1 is 1.47 bits per heavy atom. The van der Waals surface area contributed by atoms with Crippen molar-refractivity contribution in [3.63, 3.8) is 0 Å². The molecule has 0 bridgehead atoms. The molecule has 0 aliphatic carbocycles. The number of hydrogen-bond donors (Lipinski definition) is 1. The topological polar surface area (TPSA) is 47.6 Å². The molecular weight excluding hydrogens is 218 g/mol. The van der Waals surface area contributed by atoms with E-state index in [-0.39, 0.29) is 18.6 Å². The first-order valence-electron chi connectivity index (χ1n) is 5.89. The van der Waals surface area contributed by atoms with Crippen LogP contribution in [0.5, 0.6) is 11.5 Å². The standard InChI is InChI=1S/C13H17NO3/c1-3-9(2)14-13(15)12-8-16-10-6-4-5-7-11(10)17-12/h4-7,9,12H,3,8H2,1-2H3,(H,14,15). The third-order valence-electron chi connectivity index (χ3n) is 2.80. The molecule has 0 saturated carbocycles. The average Bonchev–Trinajstić information content (AvgIpc) is 2.38. The van der Waals surface area contributed by atoms with Gasteiger partial charge in [-0.05, 0) is 25.5 Å². The number of fused-ring (bicyclic) bond motifs is 1. The van der Waals surface area contributed by atoms with Gasteiger partial charge >= 0.3 is 0 Å². The Morgan fingerprint density at radius 3 is 2.88 bits per heavy atom. The summed E-state index contributed by atoms with van der Waals surface area (Å²) in [7, 11) is 0. The quantitative estimate of drug-likeness (QED) is 0.868. The van der Waals surface area contributed by atoms with E-state index in [0.29, 0.717) is 11.5 Å². The van der Waals surface area contributed by atoms with Crippen molar-refractivity contribution in [2.45, 2.75) is 32.4 Å². The summed E-state index contributed by atoms with van der Waals surface area (Å²) in [5, 5.41) is 2.89. The monoisotopic (exact) mass is 235 g/mol. The number of carbonyl (C=O) groups excluding carboxylic acids is 1. The van der Waals surface area contributed by atoms with Crippen molar-refractivity contribution in [2.24, 2.45) is 0 Å². The van der Waals surface area contributed by atoms with Crippen LogP contribution in [-0.2, 0) is 4.79 Å². The van der Waals surface area contributed by atoms with Crippen LogP contribution < -0.4 is 14.8 Å². The molecular formula is C13H17NO3. The zero-order chi connectivity index (χ0) is 12.3. The molecule has 4 heteroatoms. The minimum atomic E-state index is -0.557. The van der Waals surface area contributed by atoms with Gasteiger partial charge in [-0.25, -0.2) is 0 Å². The summed E-state index contributed by atoms with van der Waals surface area (Å²) < 4.78 is 11.1. The lowest BCUT2D eigenvalue weighted by molar-refractivity contribution is -0.131. The molecule has 0 aromatic heterocycles. The van der Waals surface area contributed by atoms with Crippen molar-refractivity contribution in [2.75, 3.05) is 6.61 Å². The molecule has 1 aliphatic heterocycles. The maximum atomic E-state index is 11.9. The highest BCUT2D eigenvalue weighted by Gasteiger charge is 2.27. The number of para-hydroxylation sites is 2. The first-order valence-corrected chi connectivity index (χ1v) is 5.89. The smallest absolute Gasteiger partial charge is 0.264 e. The number of ether oxygens (including phenoxy) is 2. The molecule has 4 nitrogen and oxygen atoms in total. The van der Waals surface area contributed by atoms with E-state index >= 15 is 0 Å². The molecule has 1 aromatic carbocycles. The molecule has 1 amide bonds. The maximum Gasteiger partial charge on any atom is 0.264 e. The molecule has 0 saturated heterocycles. The van der Waals surface area contributed by atoms with Gasteiger partial charge in [-0.2, -0.15) is 0 Å². The normalized spacial score (nSPS) is 19.5. The number of nitrogens with one attached hydrogen (secondary N) is 1. The van der Waals surface area contributed by atoms with Crippen molar-refractivity contribution >= 4 is 5.91 Å². The van der Waals surface area contributed by atoms with E-state index in [4.69, 9.17) is 9.47 Å². The van der Waals surface area contributed by atoms with Gasteiger partial charge in [-0.3, -0.25) is 4.79 Å². The number of hydrogen-bond acceptors (Lipinski definition) is 3. The summed E-state index contributed by atoms with van der Waals surface area (Å²) in [6.07, 6.45) is 0.342. The fourth-order valence-electron chi connectivity index (χ4n) is 1.59. The average molecular weight is 235 g/mol. The molecule has 0 spiro atoms. The van der Waals surface area contributed by atoms with E-state index in [1.807, 2.05) is 32.0 Å². The first-order chi connectivity index (χ1) is 8.20. The van der Waals surface area contributed by atoms with Gasteiger partial charge in [0.05, 0.1) is 0 Å². The number of amides is 1. The zero-order valence-electron chi connectivity index (χ0n) is 10.1. The number of benzene rings is 1. The van der Waals surface area contributed by atoms with Crippen molar-refractivity contribution in [3.05, 3.63) is 24.3 Å². The lowest BCUT2D eigenvalue weighted by Crippen LogP contribution is -2.46. The maximum absolute atomic E-state index is 11.9. The van der Waals surface area contributed by atoms with Gasteiger partial charge in [0.2, 0.25) is 6.10 Å². The Bertz CT molecular complexity index is 405. The van der Waals surface area contributed by atoms with Gasteiger partial charge in [-0.1, -0.05) is 19.1 Å². The Kier molecular flexibility index (Phi) is 3.52. The van der Waals surface area contributed by atoms with Gasteiger partial charge in [-0.15, -0.1) is 0 Å². The van der Waals surface area contributed by atoms with E-state index in [1.165, 1.54) is 0 Å². The minimum absolute atomic E-state index is 0.117. The SMILES string of the molecule is CCC(C)NC(=O)C1COc2ccccc2O1. The summed E-state index contributed by atoms with van der Waals surface area (Å²) in [5.74, 6) is 1.21. The third-order valence-corrected chi connectivity index (χ3v) is 2.80. The zero-order valence-corrected chi connectivity index (χ0v) is 10.1. The molecule has 1 N–H and O–H groups in total. The molecule has 0 radical (unpaired) electrons. The minimum Gasteiger partial charge on any atom is -0.485 e. The summed E-state index contributed by atoms with van der Waals surface area (Å²) in [5.41, 5.74) is 0. The van der Waals surface area contributed by atoms with Crippen LogP contribution >= 0.6 is 0 Å². The highest BCUT2D eigenvalue weighted by Crippen LogP contribution is 2.30. The second-order valence-electron chi connectivity index (χ2n) is 4.18. The van der Waals surface area contributed by atoms with Crippen molar-refractivity contribution in [1.29, 1.82) is 0 Å². The Labute approximate surface area is 101 Å². The van der Waals surface area contributed by atoms with Crippen molar-refractivity contribution in [1.82, 2.24) is 5.32 Å². The number of carbonyl (C=O) groups is 1. The Hall–Kier alpha value is -1.71. The molecule has 1 heterocycles. The fraction of sp³-hybridized carbons (Fsp3) is 0.462. The molecule has 2 unspecified atom stereocenters. The van der Waals surface area contributed by atoms with E-state index in [0.717, 1.165) is 6.42 Å². The molecule has 17 heavy (non-hydrogen) atoms. The van der Waals surface area contributed by atoms with Crippen LogP contribution in [0.2, 0.25) is 0 Å². The van der Waals surface area contributed by atoms with Gasteiger partial charge in [0.1, 0.15) is 6.61 Å². The largest absolute Gasteiger partial charge is 0.485 e. The van der Waals surface area contributed by atoms with Crippen LogP contribution in [0.4, 0.5) is 0 Å². The van der Waals surface area contributed by atoms with Crippen LogP contribution in [0.25, 0.3) is 0 Å². The van der Waals surface area contributed by atoms with Crippen LogP contribution in [0, 0.1) is 0 Å². The van der Waals surface area contributed by atoms with Crippen LogP contribution in [0.15, 0.2) is 24.3 Å². The van der Waals surface area contributed by atoms with Crippen molar-refractivity contribution < 1.29 is 14.3 Å². The van der Waals surface area contributed by atoms with Crippen LogP contribution in [-0.4, -0.2) is 24.7 Å².